The van der Waals surface area contributed by atoms with Gasteiger partial charge in [0.25, 0.3) is 0 Å². The second kappa shape index (κ2) is 14.9. The Kier molecular flexibility index (Phi) is 11.2. The van der Waals surface area contributed by atoms with E-state index in [-0.39, 0.29) is 34.1 Å². The summed E-state index contributed by atoms with van der Waals surface area (Å²) in [5.41, 5.74) is 0.741. The van der Waals surface area contributed by atoms with Crippen LogP contribution in [0.5, 0.6) is 23.0 Å². The summed E-state index contributed by atoms with van der Waals surface area (Å²) in [7, 11) is 2.58. The van der Waals surface area contributed by atoms with Crippen molar-refractivity contribution in [3.63, 3.8) is 0 Å². The van der Waals surface area contributed by atoms with Crippen LogP contribution in [0.1, 0.15) is 11.1 Å². The monoisotopic (exact) mass is 650 g/mol. The summed E-state index contributed by atoms with van der Waals surface area (Å²) in [5.74, 6) is -2.50. The van der Waals surface area contributed by atoms with Gasteiger partial charge >= 0.3 is 11.9 Å². The molecule has 0 spiro atoms. The van der Waals surface area contributed by atoms with Gasteiger partial charge in [-0.2, -0.15) is 0 Å². The first kappa shape index (κ1) is 34.6. The number of benzene rings is 2. The van der Waals surface area contributed by atoms with Crippen molar-refractivity contribution in [1.29, 1.82) is 0 Å². The van der Waals surface area contributed by atoms with Gasteiger partial charge in [-0.05, 0) is 47.5 Å². The molecule has 16 nitrogen and oxygen atoms in total. The number of ether oxygens (including phenoxy) is 6. The van der Waals surface area contributed by atoms with Gasteiger partial charge in [0.2, 0.25) is 0 Å². The van der Waals surface area contributed by atoms with Crippen molar-refractivity contribution in [1.82, 2.24) is 0 Å². The Hall–Kier alpha value is -4.26. The van der Waals surface area contributed by atoms with E-state index in [0.29, 0.717) is 11.1 Å². The molecule has 0 aromatic heterocycles. The lowest BCUT2D eigenvalue weighted by atomic mass is 9.97. The maximum atomic E-state index is 12.3. The number of hydrogen-bond acceptors (Lipinski definition) is 16. The van der Waals surface area contributed by atoms with Crippen LogP contribution in [0.3, 0.4) is 0 Å². The van der Waals surface area contributed by atoms with Crippen molar-refractivity contribution in [2.75, 3.05) is 27.4 Å². The molecule has 8 unspecified atom stereocenters. The molecular weight excluding hydrogens is 616 g/mol. The number of esters is 2. The third-order valence-corrected chi connectivity index (χ3v) is 7.20. The maximum Gasteiger partial charge on any atom is 0.330 e. The first-order chi connectivity index (χ1) is 21.8. The van der Waals surface area contributed by atoms with E-state index in [4.69, 9.17) is 28.4 Å². The zero-order valence-electron chi connectivity index (χ0n) is 24.5. The van der Waals surface area contributed by atoms with Crippen LogP contribution in [0, 0.1) is 0 Å². The fraction of sp³-hybridized carbons (Fsp3) is 0.400. The van der Waals surface area contributed by atoms with E-state index >= 15 is 0 Å². The minimum atomic E-state index is -1.62. The third kappa shape index (κ3) is 7.75. The molecule has 2 fully saturated rings. The molecule has 2 heterocycles. The summed E-state index contributed by atoms with van der Waals surface area (Å²) in [6.07, 6.45) is -6.80. The van der Waals surface area contributed by atoms with Gasteiger partial charge in [-0.15, -0.1) is 0 Å². The van der Waals surface area contributed by atoms with E-state index in [1.54, 1.807) is 0 Å². The summed E-state index contributed by atoms with van der Waals surface area (Å²) < 4.78 is 30.4. The molecule has 4 rings (SSSR count). The summed E-state index contributed by atoms with van der Waals surface area (Å²) in [6.45, 7) is -0.903. The number of aliphatic hydroxyl groups excluding tert-OH is 6. The predicted molar refractivity (Wildman–Crippen MR) is 154 cm³/mol. The Morgan fingerprint density at radius 3 is 1.33 bits per heavy atom. The molecule has 16 heteroatoms. The second-order valence-corrected chi connectivity index (χ2v) is 10.3. The van der Waals surface area contributed by atoms with Crippen LogP contribution in [0.15, 0.2) is 36.4 Å². The number of carbonyl (C=O) groups is 2. The largest absolute Gasteiger partial charge is 0.504 e. The highest BCUT2D eigenvalue weighted by Gasteiger charge is 2.43. The molecule has 2 saturated heterocycles. The molecule has 8 N–H and O–H groups in total. The van der Waals surface area contributed by atoms with Gasteiger partial charge in [-0.1, -0.05) is 0 Å². The van der Waals surface area contributed by atoms with Gasteiger partial charge in [-0.25, -0.2) is 9.59 Å². The molecule has 8 atom stereocenters. The Morgan fingerprint density at radius 1 is 0.652 bits per heavy atom. The summed E-state index contributed by atoms with van der Waals surface area (Å²) in [6, 6.07) is 5.64. The second-order valence-electron chi connectivity index (χ2n) is 10.3. The Labute approximate surface area is 261 Å². The molecule has 0 saturated carbocycles. The van der Waals surface area contributed by atoms with Crippen LogP contribution in [-0.4, -0.2) is 129 Å². The van der Waals surface area contributed by atoms with Crippen molar-refractivity contribution >= 4 is 24.1 Å². The Bertz CT molecular complexity index is 1360. The average Bonchev–Trinajstić information content (AvgIpc) is 3.44. The number of hydrogen-bond donors (Lipinski definition) is 8. The first-order valence-corrected chi connectivity index (χ1v) is 13.8. The van der Waals surface area contributed by atoms with E-state index in [1.165, 1.54) is 50.6 Å². The highest BCUT2D eigenvalue weighted by molar-refractivity contribution is 5.90. The van der Waals surface area contributed by atoms with E-state index in [1.807, 2.05) is 0 Å². The average molecular weight is 651 g/mol. The van der Waals surface area contributed by atoms with Gasteiger partial charge in [0.05, 0.1) is 14.2 Å². The number of phenolic OH excluding ortho intramolecular Hbond substituents is 2. The molecule has 2 aromatic rings. The SMILES string of the molecule is COc1cc(C=CC(=O)OCC2OC(O)C(O)C2O)cc(-c2cc(C=CC(=O)OCC3OC(O)C(O)C3O)cc(OC)c2O)c1O. The van der Waals surface area contributed by atoms with Gasteiger partial charge in [0.15, 0.2) is 35.6 Å². The number of methoxy groups -OCH3 is 2. The summed E-state index contributed by atoms with van der Waals surface area (Å²) >= 11 is 0. The fourth-order valence-electron chi connectivity index (χ4n) is 4.66. The van der Waals surface area contributed by atoms with Gasteiger partial charge in [-0.3, -0.25) is 0 Å². The minimum absolute atomic E-state index is 0.0228. The lowest BCUT2D eigenvalue weighted by Gasteiger charge is -2.15. The van der Waals surface area contributed by atoms with Crippen LogP contribution in [0.2, 0.25) is 0 Å². The van der Waals surface area contributed by atoms with E-state index in [0.717, 1.165) is 12.2 Å². The van der Waals surface area contributed by atoms with Crippen LogP contribution in [0.25, 0.3) is 23.3 Å². The molecule has 0 radical (unpaired) electrons. The highest BCUT2D eigenvalue weighted by Crippen LogP contribution is 2.45. The van der Waals surface area contributed by atoms with Crippen molar-refractivity contribution in [3.8, 4) is 34.1 Å². The van der Waals surface area contributed by atoms with Crippen molar-refractivity contribution in [2.24, 2.45) is 0 Å². The molecule has 250 valence electrons. The van der Waals surface area contributed by atoms with Crippen molar-refractivity contribution < 1.29 is 78.9 Å². The molecule has 0 aliphatic carbocycles. The van der Waals surface area contributed by atoms with E-state index < -0.39 is 74.4 Å². The maximum absolute atomic E-state index is 12.3. The number of aromatic hydroxyl groups is 2. The molecular formula is C30H34O16. The minimum Gasteiger partial charge on any atom is -0.504 e. The predicted octanol–water partition coefficient (Wildman–Crippen LogP) is -1.23. The molecule has 0 bridgehead atoms. The lowest BCUT2D eigenvalue weighted by molar-refractivity contribution is -0.153. The standard InChI is InChI=1S/C30H34O16/c1-41-17-9-13(3-5-21(31)43-11-19-25(35)27(37)29(39)45-19)7-15(23(17)33)16-8-14(10-18(42-2)24(16)34)4-6-22(32)44-12-20-26(36)28(38)30(40)46-20/h3-10,19-20,25-30,33-40H,11-12H2,1-2H3. The van der Waals surface area contributed by atoms with Crippen molar-refractivity contribution in [3.05, 3.63) is 47.5 Å². The zero-order chi connectivity index (χ0) is 33.7. The Balaban J connectivity index is 1.52. The molecule has 2 aromatic carbocycles. The normalized spacial score (nSPS) is 27.7. The van der Waals surface area contributed by atoms with Crippen LogP contribution in [-0.2, 0) is 28.5 Å². The zero-order valence-corrected chi connectivity index (χ0v) is 24.5. The highest BCUT2D eigenvalue weighted by atomic mass is 16.7. The van der Waals surface area contributed by atoms with E-state index in [9.17, 15) is 50.4 Å². The molecule has 2 aliphatic rings. The fourth-order valence-corrected chi connectivity index (χ4v) is 4.66. The summed E-state index contributed by atoms with van der Waals surface area (Å²) in [5, 5.41) is 79.5. The topological polar surface area (TPSA) is 251 Å². The van der Waals surface area contributed by atoms with Gasteiger partial charge < -0.3 is 69.3 Å². The lowest BCUT2D eigenvalue weighted by Crippen LogP contribution is -2.34. The molecule has 46 heavy (non-hydrogen) atoms. The first-order valence-electron chi connectivity index (χ1n) is 13.8. The number of aliphatic hydroxyl groups is 6. The van der Waals surface area contributed by atoms with Crippen LogP contribution in [0.4, 0.5) is 0 Å². The number of phenols is 2. The third-order valence-electron chi connectivity index (χ3n) is 7.20. The van der Waals surface area contributed by atoms with Crippen molar-refractivity contribution in [2.45, 2.75) is 49.2 Å². The smallest absolute Gasteiger partial charge is 0.330 e. The van der Waals surface area contributed by atoms with Gasteiger partial charge in [0, 0.05) is 23.3 Å². The summed E-state index contributed by atoms with van der Waals surface area (Å²) in [4.78, 5) is 24.6. The molecule has 2 aliphatic heterocycles. The quantitative estimate of drug-likeness (QED) is 0.105. The van der Waals surface area contributed by atoms with E-state index in [2.05, 4.69) is 0 Å². The number of carbonyl (C=O) groups excluding carboxylic acids is 2. The number of rotatable bonds is 11. The Morgan fingerprint density at radius 2 is 1.02 bits per heavy atom. The van der Waals surface area contributed by atoms with Crippen LogP contribution < -0.4 is 9.47 Å². The van der Waals surface area contributed by atoms with Crippen LogP contribution >= 0.6 is 0 Å². The van der Waals surface area contributed by atoms with Gasteiger partial charge in [0.1, 0.15) is 49.8 Å². The molecule has 0 amide bonds.